The number of hydrogen-bond acceptors (Lipinski definition) is 6. The predicted octanol–water partition coefficient (Wildman–Crippen LogP) is 1.92. The normalized spacial score (nSPS) is 17.6. The third-order valence-electron chi connectivity index (χ3n) is 5.63. The Bertz CT molecular complexity index is 875. The molecule has 2 aliphatic heterocycles. The van der Waals surface area contributed by atoms with Gasteiger partial charge in [0.05, 0.1) is 5.69 Å². The zero-order valence-electron chi connectivity index (χ0n) is 17.0. The number of carbonyl (C=O) groups excluding carboxylic acids is 1. The number of para-hydroxylation sites is 1. The number of amides is 1. The summed E-state index contributed by atoms with van der Waals surface area (Å²) in [5.74, 6) is 1.58. The highest BCUT2D eigenvalue weighted by Gasteiger charge is 2.24. The maximum Gasteiger partial charge on any atom is 0.227 e. The monoisotopic (exact) mass is 398 g/mol. The van der Waals surface area contributed by atoms with E-state index in [4.69, 9.17) is 4.98 Å². The minimum atomic E-state index is -0.181. The molecule has 0 bridgehead atoms. The Morgan fingerprint density at radius 2 is 1.52 bits per heavy atom. The Kier molecular flexibility index (Phi) is 5.51. The lowest BCUT2D eigenvalue weighted by Crippen LogP contribution is -2.49. The summed E-state index contributed by atoms with van der Waals surface area (Å²) in [5.41, 5.74) is 1.58. The minimum Gasteiger partial charge on any atom is -0.366 e. The predicted molar refractivity (Wildman–Crippen MR) is 112 cm³/mol. The number of anilines is 3. The van der Waals surface area contributed by atoms with Crippen molar-refractivity contribution >= 4 is 23.4 Å². The van der Waals surface area contributed by atoms with Gasteiger partial charge in [-0.25, -0.2) is 9.37 Å². The summed E-state index contributed by atoms with van der Waals surface area (Å²) in [7, 11) is 0. The molecule has 1 amide bonds. The van der Waals surface area contributed by atoms with Crippen molar-refractivity contribution in [3.63, 3.8) is 0 Å². The van der Waals surface area contributed by atoms with Crippen molar-refractivity contribution in [1.29, 1.82) is 0 Å². The fourth-order valence-electron chi connectivity index (χ4n) is 3.95. The van der Waals surface area contributed by atoms with Crippen LogP contribution in [0.5, 0.6) is 0 Å². The number of benzene rings is 1. The zero-order chi connectivity index (χ0) is 20.4. The van der Waals surface area contributed by atoms with Crippen LogP contribution in [0.15, 0.2) is 30.3 Å². The van der Waals surface area contributed by atoms with Crippen LogP contribution >= 0.6 is 0 Å². The van der Waals surface area contributed by atoms with E-state index in [1.165, 1.54) is 6.07 Å². The van der Waals surface area contributed by atoms with Gasteiger partial charge in [0.15, 0.2) is 0 Å². The molecule has 1 aromatic heterocycles. The molecular formula is C21H27FN6O. The molecule has 0 aliphatic carbocycles. The topological polar surface area (TPSA) is 55.8 Å². The summed E-state index contributed by atoms with van der Waals surface area (Å²) < 4.78 is 14.1. The van der Waals surface area contributed by atoms with E-state index in [9.17, 15) is 9.18 Å². The molecule has 0 atom stereocenters. The lowest BCUT2D eigenvalue weighted by molar-refractivity contribution is -0.129. The first-order chi connectivity index (χ1) is 14.0. The number of halogens is 1. The van der Waals surface area contributed by atoms with E-state index in [2.05, 4.69) is 19.7 Å². The van der Waals surface area contributed by atoms with E-state index >= 15 is 0 Å². The number of carbonyl (C=O) groups is 1. The zero-order valence-corrected chi connectivity index (χ0v) is 17.0. The Hall–Kier alpha value is -2.90. The summed E-state index contributed by atoms with van der Waals surface area (Å²) in [6.07, 6.45) is 0. The first kappa shape index (κ1) is 19.4. The summed E-state index contributed by atoms with van der Waals surface area (Å²) >= 11 is 0. The molecule has 0 spiro atoms. The highest BCUT2D eigenvalue weighted by Crippen LogP contribution is 2.23. The second-order valence-electron chi connectivity index (χ2n) is 7.59. The summed E-state index contributed by atoms with van der Waals surface area (Å²) in [6.45, 7) is 9.52. The molecule has 0 saturated carbocycles. The number of rotatable bonds is 3. The second kappa shape index (κ2) is 8.23. The smallest absolute Gasteiger partial charge is 0.227 e. The Morgan fingerprint density at radius 3 is 2.17 bits per heavy atom. The van der Waals surface area contributed by atoms with Crippen LogP contribution < -0.4 is 14.7 Å². The Labute approximate surface area is 170 Å². The molecule has 154 valence electrons. The van der Waals surface area contributed by atoms with Gasteiger partial charge in [0.2, 0.25) is 11.9 Å². The standard InChI is InChI=1S/C21H27FN6O/c1-16-15-20(27-11-7-25(8-12-27)17(2)29)24-21(23-16)28-13-9-26(10-14-28)19-6-4-3-5-18(19)22/h3-6,15H,7-14H2,1-2H3. The first-order valence-electron chi connectivity index (χ1n) is 10.1. The van der Waals surface area contributed by atoms with Gasteiger partial charge < -0.3 is 19.6 Å². The number of nitrogens with zero attached hydrogens (tertiary/aromatic N) is 6. The molecular weight excluding hydrogens is 371 g/mol. The molecule has 29 heavy (non-hydrogen) atoms. The number of aryl methyl sites for hydroxylation is 1. The molecule has 8 heteroatoms. The maximum absolute atomic E-state index is 14.1. The van der Waals surface area contributed by atoms with Gasteiger partial charge in [-0.05, 0) is 19.1 Å². The van der Waals surface area contributed by atoms with E-state index in [0.717, 1.165) is 69.8 Å². The van der Waals surface area contributed by atoms with Gasteiger partial charge in [-0.3, -0.25) is 4.79 Å². The summed E-state index contributed by atoms with van der Waals surface area (Å²) in [4.78, 5) is 29.3. The van der Waals surface area contributed by atoms with Crippen molar-refractivity contribution in [2.24, 2.45) is 0 Å². The van der Waals surface area contributed by atoms with Crippen LogP contribution in [0.25, 0.3) is 0 Å². The van der Waals surface area contributed by atoms with Crippen LogP contribution in [-0.4, -0.2) is 73.1 Å². The molecule has 0 radical (unpaired) electrons. The average molecular weight is 398 g/mol. The molecule has 0 unspecified atom stereocenters. The molecule has 7 nitrogen and oxygen atoms in total. The minimum absolute atomic E-state index is 0.122. The van der Waals surface area contributed by atoms with Crippen LogP contribution in [0.1, 0.15) is 12.6 Å². The van der Waals surface area contributed by atoms with Crippen molar-refractivity contribution in [3.8, 4) is 0 Å². The first-order valence-corrected chi connectivity index (χ1v) is 10.1. The molecule has 0 N–H and O–H groups in total. The number of aromatic nitrogens is 2. The lowest BCUT2D eigenvalue weighted by atomic mass is 10.2. The second-order valence-corrected chi connectivity index (χ2v) is 7.59. The van der Waals surface area contributed by atoms with Crippen LogP contribution in [0, 0.1) is 12.7 Å². The SMILES string of the molecule is CC(=O)N1CCN(c2cc(C)nc(N3CCN(c4ccccc4F)CC3)n2)CC1. The van der Waals surface area contributed by atoms with Crippen molar-refractivity contribution in [3.05, 3.63) is 41.8 Å². The highest BCUT2D eigenvalue weighted by molar-refractivity contribution is 5.73. The van der Waals surface area contributed by atoms with Gasteiger partial charge in [0, 0.05) is 71.0 Å². The number of piperazine rings is 2. The van der Waals surface area contributed by atoms with Crippen molar-refractivity contribution < 1.29 is 9.18 Å². The third-order valence-corrected chi connectivity index (χ3v) is 5.63. The van der Waals surface area contributed by atoms with E-state index in [0.29, 0.717) is 5.69 Å². The van der Waals surface area contributed by atoms with Gasteiger partial charge in [-0.1, -0.05) is 12.1 Å². The lowest BCUT2D eigenvalue weighted by Gasteiger charge is -2.37. The van der Waals surface area contributed by atoms with Crippen molar-refractivity contribution in [2.45, 2.75) is 13.8 Å². The van der Waals surface area contributed by atoms with Gasteiger partial charge >= 0.3 is 0 Å². The average Bonchev–Trinajstić information content (AvgIpc) is 2.74. The molecule has 4 rings (SSSR count). The highest BCUT2D eigenvalue weighted by atomic mass is 19.1. The van der Waals surface area contributed by atoms with E-state index in [-0.39, 0.29) is 11.7 Å². The van der Waals surface area contributed by atoms with E-state index in [1.54, 1.807) is 13.0 Å². The summed E-state index contributed by atoms with van der Waals surface area (Å²) in [5, 5.41) is 0. The van der Waals surface area contributed by atoms with E-state index in [1.807, 2.05) is 30.0 Å². The van der Waals surface area contributed by atoms with Gasteiger partial charge in [-0.15, -0.1) is 0 Å². The van der Waals surface area contributed by atoms with Gasteiger partial charge in [0.1, 0.15) is 11.6 Å². The van der Waals surface area contributed by atoms with Crippen LogP contribution in [0.2, 0.25) is 0 Å². The molecule has 1 aromatic carbocycles. The molecule has 2 saturated heterocycles. The van der Waals surface area contributed by atoms with Gasteiger partial charge in [0.25, 0.3) is 0 Å². The largest absolute Gasteiger partial charge is 0.366 e. The fraction of sp³-hybridized carbons (Fsp3) is 0.476. The Balaban J connectivity index is 1.44. The van der Waals surface area contributed by atoms with Crippen LogP contribution in [0.4, 0.5) is 21.8 Å². The van der Waals surface area contributed by atoms with E-state index < -0.39 is 0 Å². The molecule has 2 aliphatic rings. The molecule has 2 aromatic rings. The van der Waals surface area contributed by atoms with Crippen LogP contribution in [-0.2, 0) is 4.79 Å². The summed E-state index contributed by atoms with van der Waals surface area (Å²) in [6, 6.07) is 8.92. The third kappa shape index (κ3) is 4.26. The van der Waals surface area contributed by atoms with Crippen molar-refractivity contribution in [2.75, 3.05) is 67.1 Å². The van der Waals surface area contributed by atoms with Gasteiger partial charge in [-0.2, -0.15) is 4.98 Å². The number of hydrogen-bond donors (Lipinski definition) is 0. The quantitative estimate of drug-likeness (QED) is 0.788. The Morgan fingerprint density at radius 1 is 0.897 bits per heavy atom. The molecule has 3 heterocycles. The van der Waals surface area contributed by atoms with Crippen molar-refractivity contribution in [1.82, 2.24) is 14.9 Å². The maximum atomic E-state index is 14.1. The van der Waals surface area contributed by atoms with Crippen LogP contribution in [0.3, 0.4) is 0 Å². The fourth-order valence-corrected chi connectivity index (χ4v) is 3.95. The molecule has 2 fully saturated rings.